The molecule has 0 aliphatic heterocycles. The van der Waals surface area contributed by atoms with Crippen molar-refractivity contribution < 1.29 is 9.53 Å². The lowest BCUT2D eigenvalue weighted by Crippen LogP contribution is -2.29. The largest absolute Gasteiger partial charge is 0.368 e. The molecule has 0 amide bonds. The van der Waals surface area contributed by atoms with Gasteiger partial charge in [-0.15, -0.1) is 0 Å². The topological polar surface area (TPSA) is 26.3 Å². The summed E-state index contributed by atoms with van der Waals surface area (Å²) in [7, 11) is 0. The van der Waals surface area contributed by atoms with E-state index in [4.69, 9.17) is 4.74 Å². The predicted molar refractivity (Wildman–Crippen MR) is 61.8 cm³/mol. The molecule has 0 spiro atoms. The van der Waals surface area contributed by atoms with Gasteiger partial charge in [0.25, 0.3) is 0 Å². The highest BCUT2D eigenvalue weighted by atomic mass is 16.5. The third-order valence-electron chi connectivity index (χ3n) is 3.04. The Kier molecular flexibility index (Phi) is 4.32. The van der Waals surface area contributed by atoms with Gasteiger partial charge < -0.3 is 4.74 Å². The normalized spacial score (nSPS) is 27.7. The molecular weight excluding hydrogens is 188 g/mol. The summed E-state index contributed by atoms with van der Waals surface area (Å²) in [5, 5.41) is 0. The highest BCUT2D eigenvalue weighted by molar-refractivity contribution is 5.82. The molecule has 2 atom stereocenters. The Morgan fingerprint density at radius 3 is 2.53 bits per heavy atom. The SMILES string of the molecule is CC1CCCC(C(=O)COC(C)(C)C)C1. The van der Waals surface area contributed by atoms with Crippen LogP contribution in [0.3, 0.4) is 0 Å². The zero-order valence-corrected chi connectivity index (χ0v) is 10.5. The smallest absolute Gasteiger partial charge is 0.161 e. The highest BCUT2D eigenvalue weighted by Crippen LogP contribution is 2.29. The fourth-order valence-corrected chi connectivity index (χ4v) is 2.13. The molecule has 1 rings (SSSR count). The quantitative estimate of drug-likeness (QED) is 0.718. The minimum Gasteiger partial charge on any atom is -0.368 e. The molecule has 0 saturated heterocycles. The molecule has 2 heteroatoms. The Hall–Kier alpha value is -0.370. The molecule has 88 valence electrons. The van der Waals surface area contributed by atoms with Gasteiger partial charge in [-0.25, -0.2) is 0 Å². The fourth-order valence-electron chi connectivity index (χ4n) is 2.13. The van der Waals surface area contributed by atoms with Crippen molar-refractivity contribution in [3.05, 3.63) is 0 Å². The standard InChI is InChI=1S/C13H24O2/c1-10-6-5-7-11(8-10)12(14)9-15-13(2,3)4/h10-11H,5-9H2,1-4H3. The highest BCUT2D eigenvalue weighted by Gasteiger charge is 2.25. The molecule has 1 aliphatic carbocycles. The maximum Gasteiger partial charge on any atom is 0.161 e. The number of rotatable bonds is 3. The van der Waals surface area contributed by atoms with Crippen LogP contribution in [0.1, 0.15) is 53.4 Å². The van der Waals surface area contributed by atoms with Gasteiger partial charge in [-0.1, -0.05) is 19.8 Å². The summed E-state index contributed by atoms with van der Waals surface area (Å²) >= 11 is 0. The summed E-state index contributed by atoms with van der Waals surface area (Å²) in [6, 6.07) is 0. The molecule has 0 radical (unpaired) electrons. The van der Waals surface area contributed by atoms with Crippen LogP contribution >= 0.6 is 0 Å². The van der Waals surface area contributed by atoms with Crippen molar-refractivity contribution in [3.8, 4) is 0 Å². The molecule has 0 heterocycles. The summed E-state index contributed by atoms with van der Waals surface area (Å²) in [6.07, 6.45) is 4.61. The van der Waals surface area contributed by atoms with E-state index in [-0.39, 0.29) is 11.5 Å². The molecule has 15 heavy (non-hydrogen) atoms. The second kappa shape index (κ2) is 5.11. The summed E-state index contributed by atoms with van der Waals surface area (Å²) in [5.41, 5.74) is -0.198. The van der Waals surface area contributed by atoms with E-state index < -0.39 is 0 Å². The summed E-state index contributed by atoms with van der Waals surface area (Å²) in [5.74, 6) is 1.27. The van der Waals surface area contributed by atoms with Crippen LogP contribution in [0.25, 0.3) is 0 Å². The van der Waals surface area contributed by atoms with Crippen molar-refractivity contribution in [1.82, 2.24) is 0 Å². The molecule has 0 N–H and O–H groups in total. The molecule has 0 aromatic rings. The van der Waals surface area contributed by atoms with Crippen molar-refractivity contribution in [2.45, 2.75) is 59.0 Å². The first-order chi connectivity index (χ1) is 6.88. The van der Waals surface area contributed by atoms with E-state index in [1.807, 2.05) is 20.8 Å². The van der Waals surface area contributed by atoms with Crippen molar-refractivity contribution in [2.24, 2.45) is 11.8 Å². The molecule has 1 saturated carbocycles. The second-order valence-corrected chi connectivity index (χ2v) is 5.84. The van der Waals surface area contributed by atoms with Gasteiger partial charge in [0.2, 0.25) is 0 Å². The van der Waals surface area contributed by atoms with E-state index in [1.54, 1.807) is 0 Å². The van der Waals surface area contributed by atoms with Gasteiger partial charge in [-0.3, -0.25) is 4.79 Å². The van der Waals surface area contributed by atoms with Crippen LogP contribution in [0.5, 0.6) is 0 Å². The van der Waals surface area contributed by atoms with Crippen LogP contribution in [0.4, 0.5) is 0 Å². The lowest BCUT2D eigenvalue weighted by atomic mass is 9.80. The van der Waals surface area contributed by atoms with E-state index in [0.29, 0.717) is 18.3 Å². The second-order valence-electron chi connectivity index (χ2n) is 5.84. The van der Waals surface area contributed by atoms with Crippen LogP contribution in [-0.2, 0) is 9.53 Å². The molecule has 2 nitrogen and oxygen atoms in total. The van der Waals surface area contributed by atoms with Crippen molar-refractivity contribution in [3.63, 3.8) is 0 Å². The number of hydrogen-bond acceptors (Lipinski definition) is 2. The Morgan fingerprint density at radius 2 is 2.00 bits per heavy atom. The summed E-state index contributed by atoms with van der Waals surface area (Å²) < 4.78 is 5.53. The molecule has 0 bridgehead atoms. The number of ether oxygens (including phenoxy) is 1. The van der Waals surface area contributed by atoms with Gasteiger partial charge in [0.15, 0.2) is 5.78 Å². The average molecular weight is 212 g/mol. The monoisotopic (exact) mass is 212 g/mol. The first-order valence-corrected chi connectivity index (χ1v) is 6.05. The minimum atomic E-state index is -0.198. The molecule has 2 unspecified atom stereocenters. The Bertz CT molecular complexity index is 215. The Balaban J connectivity index is 2.33. The summed E-state index contributed by atoms with van der Waals surface area (Å²) in [6.45, 7) is 8.50. The molecule has 1 fully saturated rings. The van der Waals surface area contributed by atoms with E-state index in [0.717, 1.165) is 12.8 Å². The lowest BCUT2D eigenvalue weighted by molar-refractivity contribution is -0.133. The number of Topliss-reactive ketones (excluding diaryl/α,β-unsaturated/α-hetero) is 1. The van der Waals surface area contributed by atoms with Crippen molar-refractivity contribution in [2.75, 3.05) is 6.61 Å². The van der Waals surface area contributed by atoms with Gasteiger partial charge in [-0.05, 0) is 39.5 Å². The first-order valence-electron chi connectivity index (χ1n) is 6.05. The van der Waals surface area contributed by atoms with Crippen LogP contribution in [0.2, 0.25) is 0 Å². The van der Waals surface area contributed by atoms with E-state index >= 15 is 0 Å². The molecule has 0 aromatic carbocycles. The average Bonchev–Trinajstić information content (AvgIpc) is 2.13. The van der Waals surface area contributed by atoms with Crippen LogP contribution < -0.4 is 0 Å². The minimum absolute atomic E-state index is 0.198. The number of carbonyl (C=O) groups is 1. The van der Waals surface area contributed by atoms with Crippen LogP contribution in [0, 0.1) is 11.8 Å². The number of carbonyl (C=O) groups excluding carboxylic acids is 1. The fraction of sp³-hybridized carbons (Fsp3) is 0.923. The van der Waals surface area contributed by atoms with Gasteiger partial charge in [0, 0.05) is 5.92 Å². The van der Waals surface area contributed by atoms with E-state index in [9.17, 15) is 4.79 Å². The Labute approximate surface area is 93.4 Å². The zero-order chi connectivity index (χ0) is 11.5. The zero-order valence-electron chi connectivity index (χ0n) is 10.5. The summed E-state index contributed by atoms with van der Waals surface area (Å²) in [4.78, 5) is 11.9. The third-order valence-corrected chi connectivity index (χ3v) is 3.04. The van der Waals surface area contributed by atoms with Gasteiger partial charge in [-0.2, -0.15) is 0 Å². The molecule has 1 aliphatic rings. The third kappa shape index (κ3) is 4.78. The van der Waals surface area contributed by atoms with E-state index in [1.165, 1.54) is 12.8 Å². The number of hydrogen-bond donors (Lipinski definition) is 0. The van der Waals surface area contributed by atoms with Gasteiger partial charge in [0.1, 0.15) is 6.61 Å². The maximum absolute atomic E-state index is 11.9. The molecular formula is C13H24O2. The van der Waals surface area contributed by atoms with Crippen LogP contribution in [-0.4, -0.2) is 18.0 Å². The number of ketones is 1. The molecule has 0 aromatic heterocycles. The first kappa shape index (κ1) is 12.7. The maximum atomic E-state index is 11.9. The lowest BCUT2D eigenvalue weighted by Gasteiger charge is -2.27. The van der Waals surface area contributed by atoms with Crippen molar-refractivity contribution >= 4 is 5.78 Å². The van der Waals surface area contributed by atoms with Gasteiger partial charge in [0.05, 0.1) is 5.60 Å². The van der Waals surface area contributed by atoms with Crippen LogP contribution in [0.15, 0.2) is 0 Å². The Morgan fingerprint density at radius 1 is 1.33 bits per heavy atom. The van der Waals surface area contributed by atoms with E-state index in [2.05, 4.69) is 6.92 Å². The predicted octanol–water partition coefficient (Wildman–Crippen LogP) is 3.20. The van der Waals surface area contributed by atoms with Crippen molar-refractivity contribution in [1.29, 1.82) is 0 Å². The van der Waals surface area contributed by atoms with Gasteiger partial charge >= 0.3 is 0 Å².